The molecule has 1 saturated carbocycles. The number of nitrogens with two attached hydrogens (primary N) is 1. The first kappa shape index (κ1) is 16.2. The molecule has 4 nitrogen and oxygen atoms in total. The van der Waals surface area contributed by atoms with E-state index in [1.54, 1.807) is 0 Å². The van der Waals surface area contributed by atoms with Crippen molar-refractivity contribution in [1.82, 2.24) is 9.80 Å². The predicted molar refractivity (Wildman–Crippen MR) is 83.9 cm³/mol. The van der Waals surface area contributed by atoms with Crippen LogP contribution in [0.2, 0.25) is 0 Å². The molecule has 0 aromatic heterocycles. The van der Waals surface area contributed by atoms with E-state index in [9.17, 15) is 0 Å². The van der Waals surface area contributed by atoms with Crippen LogP contribution in [0, 0.1) is 0 Å². The van der Waals surface area contributed by atoms with Crippen LogP contribution in [0.5, 0.6) is 0 Å². The minimum atomic E-state index is 0.171. The fraction of sp³-hybridized carbons (Fsp3) is 1.00. The van der Waals surface area contributed by atoms with Crippen molar-refractivity contribution in [3.8, 4) is 0 Å². The second kappa shape index (κ2) is 7.21. The smallest absolute Gasteiger partial charge is 0.0589 e. The molecule has 3 unspecified atom stereocenters. The maximum Gasteiger partial charge on any atom is 0.0589 e. The van der Waals surface area contributed by atoms with E-state index < -0.39 is 0 Å². The van der Waals surface area contributed by atoms with Gasteiger partial charge < -0.3 is 15.4 Å². The quantitative estimate of drug-likeness (QED) is 0.852. The van der Waals surface area contributed by atoms with Crippen molar-refractivity contribution in [2.24, 2.45) is 5.73 Å². The number of hydrogen-bond acceptors (Lipinski definition) is 4. The highest BCUT2D eigenvalue weighted by atomic mass is 16.5. The fourth-order valence-corrected chi connectivity index (χ4v) is 4.27. The van der Waals surface area contributed by atoms with Gasteiger partial charge in [-0.05, 0) is 52.1 Å². The summed E-state index contributed by atoms with van der Waals surface area (Å²) in [6.07, 6.45) is 7.66. The van der Waals surface area contributed by atoms with Crippen LogP contribution in [0.3, 0.4) is 0 Å². The van der Waals surface area contributed by atoms with Gasteiger partial charge in [0.15, 0.2) is 0 Å². The molecule has 1 aliphatic heterocycles. The zero-order chi connectivity index (χ0) is 14.6. The van der Waals surface area contributed by atoms with E-state index in [4.69, 9.17) is 10.5 Å². The molecule has 118 valence electrons. The Hall–Kier alpha value is -0.160. The van der Waals surface area contributed by atoms with Gasteiger partial charge in [0.2, 0.25) is 0 Å². The van der Waals surface area contributed by atoms with Gasteiger partial charge in [-0.3, -0.25) is 4.90 Å². The van der Waals surface area contributed by atoms with E-state index in [1.807, 2.05) is 7.11 Å². The Labute approximate surface area is 124 Å². The first-order valence-corrected chi connectivity index (χ1v) is 8.33. The lowest BCUT2D eigenvalue weighted by Crippen LogP contribution is -2.61. The molecule has 2 fully saturated rings. The molecule has 0 bridgehead atoms. The first-order valence-electron chi connectivity index (χ1n) is 8.33. The number of rotatable bonds is 4. The van der Waals surface area contributed by atoms with Gasteiger partial charge in [0.25, 0.3) is 0 Å². The molecule has 2 rings (SSSR count). The summed E-state index contributed by atoms with van der Waals surface area (Å²) in [5.41, 5.74) is 6.45. The van der Waals surface area contributed by atoms with E-state index in [1.165, 1.54) is 51.7 Å². The van der Waals surface area contributed by atoms with Crippen molar-refractivity contribution >= 4 is 0 Å². The third-order valence-corrected chi connectivity index (χ3v) is 5.47. The second-order valence-corrected chi connectivity index (χ2v) is 6.75. The Morgan fingerprint density at radius 3 is 2.75 bits per heavy atom. The summed E-state index contributed by atoms with van der Waals surface area (Å²) in [4.78, 5) is 5.23. The molecule has 20 heavy (non-hydrogen) atoms. The van der Waals surface area contributed by atoms with Crippen molar-refractivity contribution < 1.29 is 4.74 Å². The van der Waals surface area contributed by atoms with Crippen LogP contribution in [0.1, 0.15) is 45.4 Å². The average Bonchev–Trinajstić information content (AvgIpc) is 2.68. The van der Waals surface area contributed by atoms with E-state index in [-0.39, 0.29) is 5.54 Å². The first-order chi connectivity index (χ1) is 9.65. The molecule has 0 aromatic rings. The van der Waals surface area contributed by atoms with Gasteiger partial charge in [-0.15, -0.1) is 0 Å². The molecular weight excluding hydrogens is 250 g/mol. The molecule has 2 aliphatic rings. The highest BCUT2D eigenvalue weighted by molar-refractivity contribution is 5.00. The molecule has 4 heteroatoms. The van der Waals surface area contributed by atoms with Crippen LogP contribution < -0.4 is 5.73 Å². The number of nitrogens with zero attached hydrogens (tertiary/aromatic N) is 2. The SMILES string of the molecule is CCC1CN(C)CCCN1C1(CN)CCCC(OC)C1. The van der Waals surface area contributed by atoms with Crippen LogP contribution in [0.25, 0.3) is 0 Å². The molecule has 2 N–H and O–H groups in total. The van der Waals surface area contributed by atoms with Gasteiger partial charge in [-0.25, -0.2) is 0 Å². The summed E-state index contributed by atoms with van der Waals surface area (Å²) in [5.74, 6) is 0. The van der Waals surface area contributed by atoms with Gasteiger partial charge in [0.05, 0.1) is 6.10 Å². The predicted octanol–water partition coefficient (Wildman–Crippen LogP) is 1.69. The van der Waals surface area contributed by atoms with Crippen LogP contribution >= 0.6 is 0 Å². The number of hydrogen-bond donors (Lipinski definition) is 1. The lowest BCUT2D eigenvalue weighted by atomic mass is 9.77. The zero-order valence-corrected chi connectivity index (χ0v) is 13.6. The Balaban J connectivity index is 2.18. The molecule has 0 amide bonds. The monoisotopic (exact) mass is 283 g/mol. The second-order valence-electron chi connectivity index (χ2n) is 6.75. The summed E-state index contributed by atoms with van der Waals surface area (Å²) in [6, 6.07) is 0.640. The third-order valence-electron chi connectivity index (χ3n) is 5.47. The zero-order valence-electron chi connectivity index (χ0n) is 13.6. The number of methoxy groups -OCH3 is 1. The summed E-state index contributed by atoms with van der Waals surface area (Å²) in [7, 11) is 4.10. The Morgan fingerprint density at radius 1 is 1.30 bits per heavy atom. The third kappa shape index (κ3) is 3.35. The van der Waals surface area contributed by atoms with Gasteiger partial charge in [-0.2, -0.15) is 0 Å². The number of ether oxygens (including phenoxy) is 1. The van der Waals surface area contributed by atoms with Crippen molar-refractivity contribution in [3.05, 3.63) is 0 Å². The van der Waals surface area contributed by atoms with Gasteiger partial charge in [0, 0.05) is 38.3 Å². The van der Waals surface area contributed by atoms with Gasteiger partial charge >= 0.3 is 0 Å². The van der Waals surface area contributed by atoms with Crippen LogP contribution in [0.4, 0.5) is 0 Å². The average molecular weight is 283 g/mol. The minimum absolute atomic E-state index is 0.171. The normalized spacial score (nSPS) is 37.8. The Bertz CT molecular complexity index is 299. The molecule has 1 saturated heterocycles. The van der Waals surface area contributed by atoms with Crippen LogP contribution in [-0.2, 0) is 4.74 Å². The molecule has 1 heterocycles. The molecule has 1 aliphatic carbocycles. The van der Waals surface area contributed by atoms with E-state index in [2.05, 4.69) is 23.8 Å². The van der Waals surface area contributed by atoms with Crippen LogP contribution in [-0.4, -0.2) is 67.8 Å². The highest BCUT2D eigenvalue weighted by Crippen LogP contribution is 2.37. The summed E-state index contributed by atoms with van der Waals surface area (Å²) in [6.45, 7) is 6.67. The van der Waals surface area contributed by atoms with E-state index in [0.29, 0.717) is 12.1 Å². The highest BCUT2D eigenvalue weighted by Gasteiger charge is 2.43. The van der Waals surface area contributed by atoms with Crippen molar-refractivity contribution in [1.29, 1.82) is 0 Å². The molecule has 3 atom stereocenters. The molecular formula is C16H33N3O. The largest absolute Gasteiger partial charge is 0.381 e. The van der Waals surface area contributed by atoms with E-state index >= 15 is 0 Å². The van der Waals surface area contributed by atoms with E-state index in [0.717, 1.165) is 13.0 Å². The molecule has 0 aromatic carbocycles. The molecule has 0 spiro atoms. The summed E-state index contributed by atoms with van der Waals surface area (Å²) >= 11 is 0. The van der Waals surface area contributed by atoms with Crippen molar-refractivity contribution in [2.45, 2.75) is 63.1 Å². The Kier molecular flexibility index (Phi) is 5.84. The lowest BCUT2D eigenvalue weighted by molar-refractivity contribution is -0.0398. The minimum Gasteiger partial charge on any atom is -0.381 e. The maximum atomic E-state index is 6.28. The van der Waals surface area contributed by atoms with Gasteiger partial charge in [-0.1, -0.05) is 6.92 Å². The lowest BCUT2D eigenvalue weighted by Gasteiger charge is -2.50. The number of likely N-dealkylation sites (N-methyl/N-ethyl adjacent to an activating group) is 1. The van der Waals surface area contributed by atoms with Crippen molar-refractivity contribution in [2.75, 3.05) is 40.3 Å². The fourth-order valence-electron chi connectivity index (χ4n) is 4.27. The maximum absolute atomic E-state index is 6.28. The molecule has 0 radical (unpaired) electrons. The van der Waals surface area contributed by atoms with Crippen LogP contribution in [0.15, 0.2) is 0 Å². The van der Waals surface area contributed by atoms with Crippen molar-refractivity contribution in [3.63, 3.8) is 0 Å². The Morgan fingerprint density at radius 2 is 2.10 bits per heavy atom. The topological polar surface area (TPSA) is 41.7 Å². The van der Waals surface area contributed by atoms with Gasteiger partial charge in [0.1, 0.15) is 0 Å². The standard InChI is InChI=1S/C16H33N3O/c1-4-14-12-18(2)9-6-10-19(14)16(13-17)8-5-7-15(11-16)20-3/h14-15H,4-13,17H2,1-3H3. The summed E-state index contributed by atoms with van der Waals surface area (Å²) in [5, 5.41) is 0. The summed E-state index contributed by atoms with van der Waals surface area (Å²) < 4.78 is 5.67.